The molecule has 2 aliphatic rings. The first-order valence-electron chi connectivity index (χ1n) is 6.99. The molecule has 0 aromatic heterocycles. The lowest BCUT2D eigenvalue weighted by Gasteiger charge is -2.30. The average Bonchev–Trinajstić information content (AvgIpc) is 2.39. The molecular formula is C13H27IN4. The Balaban J connectivity index is 0.00000162. The molecule has 18 heavy (non-hydrogen) atoms. The summed E-state index contributed by atoms with van der Waals surface area (Å²) in [6.45, 7) is 5.55. The Morgan fingerprint density at radius 1 is 1.11 bits per heavy atom. The number of halogens is 1. The first-order valence-corrected chi connectivity index (χ1v) is 6.99. The van der Waals surface area contributed by atoms with Crippen molar-refractivity contribution in [2.75, 3.05) is 39.8 Å². The van der Waals surface area contributed by atoms with Gasteiger partial charge in [0.1, 0.15) is 0 Å². The minimum absolute atomic E-state index is 0. The van der Waals surface area contributed by atoms with Crippen LogP contribution in [0, 0.1) is 5.92 Å². The molecule has 2 rings (SSSR count). The SMILES string of the molecule is CN1CCC(CN=C(N)N2CCCCC2)CC1.I. The number of aliphatic imine (C=N–C) groups is 1. The third-order valence-electron chi connectivity index (χ3n) is 4.03. The number of hydrogen-bond donors (Lipinski definition) is 1. The molecular weight excluding hydrogens is 339 g/mol. The van der Waals surface area contributed by atoms with Crippen molar-refractivity contribution in [3.8, 4) is 0 Å². The Morgan fingerprint density at radius 3 is 2.33 bits per heavy atom. The van der Waals surface area contributed by atoms with Crippen LogP contribution in [0.3, 0.4) is 0 Å². The van der Waals surface area contributed by atoms with E-state index in [4.69, 9.17) is 5.73 Å². The van der Waals surface area contributed by atoms with Gasteiger partial charge in [-0.05, 0) is 58.2 Å². The van der Waals surface area contributed by atoms with Gasteiger partial charge in [0.15, 0.2) is 5.96 Å². The molecule has 0 aromatic rings. The van der Waals surface area contributed by atoms with Gasteiger partial charge in [-0.3, -0.25) is 4.99 Å². The topological polar surface area (TPSA) is 44.9 Å². The molecule has 0 aromatic carbocycles. The second-order valence-corrected chi connectivity index (χ2v) is 5.49. The molecule has 0 radical (unpaired) electrons. The van der Waals surface area contributed by atoms with Gasteiger partial charge >= 0.3 is 0 Å². The summed E-state index contributed by atoms with van der Waals surface area (Å²) in [5.74, 6) is 1.53. The van der Waals surface area contributed by atoms with Crippen LogP contribution in [0.5, 0.6) is 0 Å². The highest BCUT2D eigenvalue weighted by atomic mass is 127. The fourth-order valence-corrected chi connectivity index (χ4v) is 2.69. The van der Waals surface area contributed by atoms with E-state index in [2.05, 4.69) is 21.8 Å². The zero-order chi connectivity index (χ0) is 12.1. The molecule has 2 fully saturated rings. The quantitative estimate of drug-likeness (QED) is 0.460. The monoisotopic (exact) mass is 366 g/mol. The fourth-order valence-electron chi connectivity index (χ4n) is 2.69. The largest absolute Gasteiger partial charge is 0.370 e. The van der Waals surface area contributed by atoms with E-state index < -0.39 is 0 Å². The number of piperidine rings is 2. The summed E-state index contributed by atoms with van der Waals surface area (Å²) < 4.78 is 0. The first-order chi connectivity index (χ1) is 8.25. The Morgan fingerprint density at radius 2 is 1.72 bits per heavy atom. The zero-order valence-electron chi connectivity index (χ0n) is 11.5. The van der Waals surface area contributed by atoms with E-state index in [0.717, 1.165) is 31.5 Å². The van der Waals surface area contributed by atoms with Crippen LogP contribution < -0.4 is 5.73 Å². The minimum Gasteiger partial charge on any atom is -0.370 e. The maximum Gasteiger partial charge on any atom is 0.191 e. The molecule has 0 bridgehead atoms. The van der Waals surface area contributed by atoms with E-state index in [1.165, 1.54) is 45.2 Å². The Bertz CT molecular complexity index is 256. The summed E-state index contributed by atoms with van der Waals surface area (Å²) in [5, 5.41) is 0. The molecule has 0 unspecified atom stereocenters. The van der Waals surface area contributed by atoms with Crippen molar-refractivity contribution in [3.63, 3.8) is 0 Å². The van der Waals surface area contributed by atoms with Gasteiger partial charge in [-0.25, -0.2) is 0 Å². The van der Waals surface area contributed by atoms with Crippen LogP contribution in [0.15, 0.2) is 4.99 Å². The molecule has 0 spiro atoms. The lowest BCUT2D eigenvalue weighted by Crippen LogP contribution is -2.41. The molecule has 106 valence electrons. The van der Waals surface area contributed by atoms with Crippen LogP contribution in [0.25, 0.3) is 0 Å². The third kappa shape index (κ3) is 4.91. The van der Waals surface area contributed by atoms with Crippen molar-refractivity contribution in [2.45, 2.75) is 32.1 Å². The highest BCUT2D eigenvalue weighted by Crippen LogP contribution is 2.16. The normalized spacial score (nSPS) is 23.8. The van der Waals surface area contributed by atoms with Crippen molar-refractivity contribution in [2.24, 2.45) is 16.6 Å². The molecule has 0 saturated carbocycles. The van der Waals surface area contributed by atoms with Crippen LogP contribution in [0.1, 0.15) is 32.1 Å². The van der Waals surface area contributed by atoms with E-state index in [1.807, 2.05) is 0 Å². The van der Waals surface area contributed by atoms with Gasteiger partial charge in [0.2, 0.25) is 0 Å². The Hall–Kier alpha value is -0.0400. The summed E-state index contributed by atoms with van der Waals surface area (Å²) >= 11 is 0. The van der Waals surface area contributed by atoms with Gasteiger partial charge in [0.25, 0.3) is 0 Å². The number of likely N-dealkylation sites (tertiary alicyclic amines) is 2. The fraction of sp³-hybridized carbons (Fsp3) is 0.923. The van der Waals surface area contributed by atoms with Gasteiger partial charge in [-0.15, -0.1) is 24.0 Å². The second kappa shape index (κ2) is 8.19. The lowest BCUT2D eigenvalue weighted by molar-refractivity contribution is 0.223. The van der Waals surface area contributed by atoms with E-state index in [0.29, 0.717) is 0 Å². The summed E-state index contributed by atoms with van der Waals surface area (Å²) in [6, 6.07) is 0. The molecule has 0 atom stereocenters. The van der Waals surface area contributed by atoms with Crippen molar-refractivity contribution in [3.05, 3.63) is 0 Å². The second-order valence-electron chi connectivity index (χ2n) is 5.49. The van der Waals surface area contributed by atoms with Crippen LogP contribution in [-0.4, -0.2) is 55.5 Å². The first kappa shape index (κ1) is 16.0. The number of nitrogens with zero attached hydrogens (tertiary/aromatic N) is 3. The van der Waals surface area contributed by atoms with Crippen molar-refractivity contribution in [1.82, 2.24) is 9.80 Å². The number of guanidine groups is 1. The Labute approximate surface area is 128 Å². The molecule has 2 N–H and O–H groups in total. The van der Waals surface area contributed by atoms with Crippen molar-refractivity contribution in [1.29, 1.82) is 0 Å². The number of hydrogen-bond acceptors (Lipinski definition) is 2. The van der Waals surface area contributed by atoms with Gasteiger partial charge in [0.05, 0.1) is 0 Å². The van der Waals surface area contributed by atoms with Gasteiger partial charge in [0, 0.05) is 19.6 Å². The van der Waals surface area contributed by atoms with E-state index in [1.54, 1.807) is 0 Å². The van der Waals surface area contributed by atoms with E-state index in [9.17, 15) is 0 Å². The summed E-state index contributed by atoms with van der Waals surface area (Å²) in [6.07, 6.45) is 6.42. The smallest absolute Gasteiger partial charge is 0.191 e. The highest BCUT2D eigenvalue weighted by molar-refractivity contribution is 14.0. The molecule has 4 nitrogen and oxygen atoms in total. The maximum atomic E-state index is 6.06. The Kier molecular flexibility index (Phi) is 7.29. The van der Waals surface area contributed by atoms with Crippen LogP contribution >= 0.6 is 24.0 Å². The van der Waals surface area contributed by atoms with Crippen LogP contribution in [0.2, 0.25) is 0 Å². The maximum absolute atomic E-state index is 6.06. The molecule has 0 amide bonds. The van der Waals surface area contributed by atoms with Crippen LogP contribution in [0.4, 0.5) is 0 Å². The number of nitrogens with two attached hydrogens (primary N) is 1. The standard InChI is InChI=1S/C13H26N4.HI/c1-16-9-5-12(6-10-16)11-15-13(14)17-7-3-2-4-8-17;/h12H,2-11H2,1H3,(H2,14,15);1H. The van der Waals surface area contributed by atoms with Gasteiger partial charge < -0.3 is 15.5 Å². The van der Waals surface area contributed by atoms with E-state index >= 15 is 0 Å². The van der Waals surface area contributed by atoms with E-state index in [-0.39, 0.29) is 24.0 Å². The summed E-state index contributed by atoms with van der Waals surface area (Å²) in [4.78, 5) is 9.24. The van der Waals surface area contributed by atoms with Crippen LogP contribution in [-0.2, 0) is 0 Å². The molecule has 0 aliphatic carbocycles. The summed E-state index contributed by atoms with van der Waals surface area (Å²) in [7, 11) is 2.20. The third-order valence-corrected chi connectivity index (χ3v) is 4.03. The molecule has 2 aliphatic heterocycles. The predicted octanol–water partition coefficient (Wildman–Crippen LogP) is 1.75. The van der Waals surface area contributed by atoms with Crippen molar-refractivity contribution >= 4 is 29.9 Å². The molecule has 5 heteroatoms. The van der Waals surface area contributed by atoms with Crippen molar-refractivity contribution < 1.29 is 0 Å². The average molecular weight is 366 g/mol. The zero-order valence-corrected chi connectivity index (χ0v) is 13.8. The van der Waals surface area contributed by atoms with Gasteiger partial charge in [-0.1, -0.05) is 0 Å². The van der Waals surface area contributed by atoms with Gasteiger partial charge in [-0.2, -0.15) is 0 Å². The highest BCUT2D eigenvalue weighted by Gasteiger charge is 2.17. The minimum atomic E-state index is 0. The predicted molar refractivity (Wildman–Crippen MR) is 87.5 cm³/mol. The summed E-state index contributed by atoms with van der Waals surface area (Å²) in [5.41, 5.74) is 6.06. The molecule has 2 heterocycles. The lowest BCUT2D eigenvalue weighted by atomic mass is 9.97. The number of rotatable bonds is 2. The molecule has 2 saturated heterocycles.